The second-order valence-corrected chi connectivity index (χ2v) is 4.76. The van der Waals surface area contributed by atoms with Crippen molar-refractivity contribution in [3.8, 4) is 0 Å². The molecular weight excluding hydrogens is 273 g/mol. The topological polar surface area (TPSA) is 63.4 Å². The Labute approximate surface area is 113 Å². The second-order valence-electron chi connectivity index (χ2n) is 4.76. The van der Waals surface area contributed by atoms with Crippen LogP contribution in [0.15, 0.2) is 18.2 Å². The molecule has 0 saturated carbocycles. The minimum atomic E-state index is -4.48. The molecule has 0 bridgehead atoms. The Balaban J connectivity index is 2.40. The molecule has 1 aliphatic rings. The quantitative estimate of drug-likeness (QED) is 0.901. The van der Waals surface area contributed by atoms with Crippen LogP contribution in [0.3, 0.4) is 0 Å². The molecule has 2 amide bonds. The van der Waals surface area contributed by atoms with Gasteiger partial charge in [-0.2, -0.15) is 13.2 Å². The normalized spacial score (nSPS) is 19.5. The van der Waals surface area contributed by atoms with Crippen molar-refractivity contribution in [1.82, 2.24) is 0 Å². The standard InChI is InChI=1S/C13H13F3N2O2/c1-7-9(13(14,15)16)3-2-4-10(7)18-6-8(12(17)20)5-11(18)19/h2-4,8H,5-6H2,1H3,(H2,17,20). The van der Waals surface area contributed by atoms with Gasteiger partial charge in [0.1, 0.15) is 0 Å². The molecular formula is C13H13F3N2O2. The predicted octanol–water partition coefficient (Wildman–Crippen LogP) is 1.85. The smallest absolute Gasteiger partial charge is 0.369 e. The van der Waals surface area contributed by atoms with E-state index in [0.717, 1.165) is 6.07 Å². The molecule has 1 unspecified atom stereocenters. The highest BCUT2D eigenvalue weighted by Crippen LogP contribution is 2.37. The number of benzene rings is 1. The van der Waals surface area contributed by atoms with Crippen molar-refractivity contribution in [2.45, 2.75) is 19.5 Å². The van der Waals surface area contributed by atoms with Crippen LogP contribution in [0.25, 0.3) is 0 Å². The van der Waals surface area contributed by atoms with Gasteiger partial charge in [0.15, 0.2) is 0 Å². The number of primary amides is 1. The molecule has 0 spiro atoms. The van der Waals surface area contributed by atoms with Gasteiger partial charge in [0.05, 0.1) is 11.5 Å². The third kappa shape index (κ3) is 2.48. The Hall–Kier alpha value is -2.05. The van der Waals surface area contributed by atoms with Gasteiger partial charge in [-0.25, -0.2) is 0 Å². The van der Waals surface area contributed by atoms with Crippen molar-refractivity contribution in [2.24, 2.45) is 11.7 Å². The average molecular weight is 286 g/mol. The van der Waals surface area contributed by atoms with E-state index in [1.54, 1.807) is 0 Å². The lowest BCUT2D eigenvalue weighted by molar-refractivity contribution is -0.138. The van der Waals surface area contributed by atoms with E-state index in [1.165, 1.54) is 24.0 Å². The van der Waals surface area contributed by atoms with Gasteiger partial charge in [-0.15, -0.1) is 0 Å². The molecule has 1 aliphatic heterocycles. The number of amides is 2. The molecule has 2 rings (SSSR count). The lowest BCUT2D eigenvalue weighted by atomic mass is 10.1. The van der Waals surface area contributed by atoms with Crippen LogP contribution >= 0.6 is 0 Å². The van der Waals surface area contributed by atoms with E-state index in [-0.39, 0.29) is 24.2 Å². The first-order chi connectivity index (χ1) is 9.21. The molecule has 108 valence electrons. The van der Waals surface area contributed by atoms with Gasteiger partial charge < -0.3 is 10.6 Å². The highest BCUT2D eigenvalue weighted by atomic mass is 19.4. The lowest BCUT2D eigenvalue weighted by Crippen LogP contribution is -2.29. The van der Waals surface area contributed by atoms with Gasteiger partial charge in [0.2, 0.25) is 11.8 Å². The van der Waals surface area contributed by atoms with E-state index >= 15 is 0 Å². The van der Waals surface area contributed by atoms with E-state index in [2.05, 4.69) is 0 Å². The molecule has 0 aliphatic carbocycles. The molecule has 1 saturated heterocycles. The van der Waals surface area contributed by atoms with Crippen LogP contribution in [0, 0.1) is 12.8 Å². The van der Waals surface area contributed by atoms with E-state index in [0.29, 0.717) is 0 Å². The molecule has 0 aromatic heterocycles. The number of hydrogen-bond donors (Lipinski definition) is 1. The number of anilines is 1. The lowest BCUT2D eigenvalue weighted by Gasteiger charge is -2.21. The summed E-state index contributed by atoms with van der Waals surface area (Å²) in [5.41, 5.74) is 4.50. The fraction of sp³-hybridized carbons (Fsp3) is 0.385. The van der Waals surface area contributed by atoms with Crippen molar-refractivity contribution in [1.29, 1.82) is 0 Å². The third-order valence-electron chi connectivity index (χ3n) is 3.43. The summed E-state index contributed by atoms with van der Waals surface area (Å²) in [6, 6.07) is 3.65. The van der Waals surface area contributed by atoms with E-state index in [4.69, 9.17) is 5.73 Å². The minimum Gasteiger partial charge on any atom is -0.369 e. The Bertz CT molecular complexity index is 569. The van der Waals surface area contributed by atoms with Crippen molar-refractivity contribution in [3.05, 3.63) is 29.3 Å². The van der Waals surface area contributed by atoms with Crippen molar-refractivity contribution >= 4 is 17.5 Å². The first-order valence-corrected chi connectivity index (χ1v) is 5.98. The van der Waals surface area contributed by atoms with Crippen LogP contribution < -0.4 is 10.6 Å². The Morgan fingerprint density at radius 1 is 1.40 bits per heavy atom. The van der Waals surface area contributed by atoms with Gasteiger partial charge >= 0.3 is 6.18 Å². The van der Waals surface area contributed by atoms with Crippen LogP contribution in [0.5, 0.6) is 0 Å². The van der Waals surface area contributed by atoms with Gasteiger partial charge in [0.25, 0.3) is 0 Å². The number of rotatable bonds is 2. The van der Waals surface area contributed by atoms with Crippen LogP contribution in [0.1, 0.15) is 17.5 Å². The van der Waals surface area contributed by atoms with Crippen molar-refractivity contribution in [3.63, 3.8) is 0 Å². The van der Waals surface area contributed by atoms with Gasteiger partial charge in [0, 0.05) is 18.7 Å². The highest BCUT2D eigenvalue weighted by molar-refractivity contribution is 6.00. The zero-order valence-corrected chi connectivity index (χ0v) is 10.7. The van der Waals surface area contributed by atoms with Crippen LogP contribution in [-0.4, -0.2) is 18.4 Å². The molecule has 20 heavy (non-hydrogen) atoms. The van der Waals surface area contributed by atoms with Crippen LogP contribution in [0.4, 0.5) is 18.9 Å². The number of nitrogens with zero attached hydrogens (tertiary/aromatic N) is 1. The summed E-state index contributed by atoms with van der Waals surface area (Å²) in [5.74, 6) is -1.67. The molecule has 7 heteroatoms. The summed E-state index contributed by atoms with van der Waals surface area (Å²) < 4.78 is 38.5. The molecule has 1 aromatic carbocycles. The summed E-state index contributed by atoms with van der Waals surface area (Å²) in [5, 5.41) is 0. The Morgan fingerprint density at radius 2 is 2.05 bits per heavy atom. The van der Waals surface area contributed by atoms with Gasteiger partial charge in [-0.05, 0) is 24.6 Å². The van der Waals surface area contributed by atoms with E-state index in [1.807, 2.05) is 0 Å². The third-order valence-corrected chi connectivity index (χ3v) is 3.43. The summed E-state index contributed by atoms with van der Waals surface area (Å²) in [7, 11) is 0. The summed E-state index contributed by atoms with van der Waals surface area (Å²) >= 11 is 0. The average Bonchev–Trinajstić information content (AvgIpc) is 2.70. The highest BCUT2D eigenvalue weighted by Gasteiger charge is 2.37. The van der Waals surface area contributed by atoms with E-state index < -0.39 is 29.5 Å². The Kier molecular flexibility index (Phi) is 3.45. The summed E-state index contributed by atoms with van der Waals surface area (Å²) in [4.78, 5) is 24.1. The maximum atomic E-state index is 12.8. The molecule has 1 atom stereocenters. The second kappa shape index (κ2) is 4.81. The largest absolute Gasteiger partial charge is 0.416 e. The molecule has 1 aromatic rings. The zero-order chi connectivity index (χ0) is 15.1. The maximum Gasteiger partial charge on any atom is 0.416 e. The number of carbonyl (C=O) groups excluding carboxylic acids is 2. The fourth-order valence-electron chi connectivity index (χ4n) is 2.35. The molecule has 2 N–H and O–H groups in total. The van der Waals surface area contributed by atoms with Gasteiger partial charge in [-0.1, -0.05) is 6.07 Å². The Morgan fingerprint density at radius 3 is 2.55 bits per heavy atom. The molecule has 1 heterocycles. The fourth-order valence-corrected chi connectivity index (χ4v) is 2.35. The zero-order valence-electron chi connectivity index (χ0n) is 10.7. The van der Waals surface area contributed by atoms with Crippen LogP contribution in [0.2, 0.25) is 0 Å². The molecule has 4 nitrogen and oxygen atoms in total. The minimum absolute atomic E-state index is 0.0241. The monoisotopic (exact) mass is 286 g/mol. The first-order valence-electron chi connectivity index (χ1n) is 5.98. The number of halogens is 3. The maximum absolute atomic E-state index is 12.8. The summed E-state index contributed by atoms with van der Waals surface area (Å²) in [6.07, 6.45) is -4.54. The predicted molar refractivity (Wildman–Crippen MR) is 65.8 cm³/mol. The molecule has 0 radical (unpaired) electrons. The van der Waals surface area contributed by atoms with Gasteiger partial charge in [-0.3, -0.25) is 9.59 Å². The first kappa shape index (κ1) is 14.4. The van der Waals surface area contributed by atoms with Crippen molar-refractivity contribution < 1.29 is 22.8 Å². The number of carbonyl (C=O) groups is 2. The number of nitrogens with two attached hydrogens (primary N) is 1. The number of alkyl halides is 3. The number of hydrogen-bond acceptors (Lipinski definition) is 2. The van der Waals surface area contributed by atoms with Crippen LogP contribution in [-0.2, 0) is 15.8 Å². The van der Waals surface area contributed by atoms with Crippen molar-refractivity contribution in [2.75, 3.05) is 11.4 Å². The molecule has 1 fully saturated rings. The van der Waals surface area contributed by atoms with E-state index in [9.17, 15) is 22.8 Å². The summed E-state index contributed by atoms with van der Waals surface area (Å²) in [6.45, 7) is 1.33. The SMILES string of the molecule is Cc1c(N2CC(C(N)=O)CC2=O)cccc1C(F)(F)F.